The maximum atomic E-state index is 12.6. The van der Waals surface area contributed by atoms with Gasteiger partial charge in [-0.2, -0.15) is 0 Å². The smallest absolute Gasteiger partial charge is 0.232 e. The minimum absolute atomic E-state index is 0.197. The van der Waals surface area contributed by atoms with Gasteiger partial charge in [-0.25, -0.2) is 0 Å². The molecule has 0 radical (unpaired) electrons. The molecule has 5 nitrogen and oxygen atoms in total. The quantitative estimate of drug-likeness (QED) is 0.598. The molecule has 0 atom stereocenters. The van der Waals surface area contributed by atoms with Crippen molar-refractivity contribution in [1.82, 2.24) is 9.88 Å². The number of carbonyl (C=O) groups is 1. The summed E-state index contributed by atoms with van der Waals surface area (Å²) in [5.41, 5.74) is 4.75. The van der Waals surface area contributed by atoms with Crippen molar-refractivity contribution in [2.45, 2.75) is 12.2 Å². The van der Waals surface area contributed by atoms with Gasteiger partial charge in [-0.1, -0.05) is 36.4 Å². The Morgan fingerprint density at radius 2 is 1.90 bits per heavy atom. The second-order valence-electron chi connectivity index (χ2n) is 7.24. The second-order valence-corrected chi connectivity index (χ2v) is 8.23. The summed E-state index contributed by atoms with van der Waals surface area (Å²) in [4.78, 5) is 17.9. The number of hydrogen-bond donors (Lipinski definition) is 1. The Balaban J connectivity index is 1.34. The number of H-pyrrole nitrogens is 1. The molecule has 0 spiro atoms. The lowest BCUT2D eigenvalue weighted by molar-refractivity contribution is -0.127. The van der Waals surface area contributed by atoms with Gasteiger partial charge >= 0.3 is 0 Å². The molecule has 0 fully saturated rings. The van der Waals surface area contributed by atoms with Gasteiger partial charge in [-0.3, -0.25) is 4.79 Å². The van der Waals surface area contributed by atoms with Crippen molar-refractivity contribution < 1.29 is 14.3 Å². The molecule has 3 aromatic rings. The van der Waals surface area contributed by atoms with Crippen molar-refractivity contribution in [3.05, 3.63) is 65.9 Å². The minimum Gasteiger partial charge on any atom is -0.493 e. The highest BCUT2D eigenvalue weighted by molar-refractivity contribution is 7.99. The predicted molar refractivity (Wildman–Crippen MR) is 123 cm³/mol. The summed E-state index contributed by atoms with van der Waals surface area (Å²) in [7, 11) is 3.27. The number of carbonyl (C=O) groups excluding carboxylic acids is 1. The summed E-state index contributed by atoms with van der Waals surface area (Å²) in [6, 6.07) is 14.3. The molecular formula is C24H26N2O3S. The second kappa shape index (κ2) is 9.30. The summed E-state index contributed by atoms with van der Waals surface area (Å²) in [5, 5.41) is 1.10. The number of aromatic nitrogens is 1. The molecule has 4 rings (SSSR count). The molecular weight excluding hydrogens is 396 g/mol. The molecule has 0 unspecified atom stereocenters. The van der Waals surface area contributed by atoms with E-state index >= 15 is 0 Å². The molecule has 2 heterocycles. The number of methoxy groups -OCH3 is 2. The van der Waals surface area contributed by atoms with E-state index in [1.54, 1.807) is 26.0 Å². The average molecular weight is 423 g/mol. The van der Waals surface area contributed by atoms with Crippen LogP contribution in [0.2, 0.25) is 0 Å². The third kappa shape index (κ3) is 4.33. The number of hydrogen-bond acceptors (Lipinski definition) is 4. The maximum Gasteiger partial charge on any atom is 0.232 e. The van der Waals surface area contributed by atoms with E-state index in [0.717, 1.165) is 35.2 Å². The van der Waals surface area contributed by atoms with Crippen LogP contribution in [0.15, 0.2) is 54.7 Å². The fraction of sp³-hybridized carbons (Fsp3) is 0.292. The van der Waals surface area contributed by atoms with Crippen LogP contribution in [0, 0.1) is 0 Å². The number of ether oxygens (including phenoxy) is 2. The number of nitrogens with zero attached hydrogens (tertiary/aromatic N) is 1. The summed E-state index contributed by atoms with van der Waals surface area (Å²) < 4.78 is 10.8. The number of amides is 1. The van der Waals surface area contributed by atoms with Crippen molar-refractivity contribution in [3.63, 3.8) is 0 Å². The van der Waals surface area contributed by atoms with Crippen LogP contribution in [0.1, 0.15) is 17.5 Å². The number of thioether (sulfide) groups is 1. The molecule has 1 aliphatic heterocycles. The lowest BCUT2D eigenvalue weighted by Crippen LogP contribution is -2.35. The van der Waals surface area contributed by atoms with Crippen molar-refractivity contribution in [3.8, 4) is 11.5 Å². The zero-order valence-corrected chi connectivity index (χ0v) is 18.1. The number of rotatable bonds is 7. The molecule has 1 amide bonds. The van der Waals surface area contributed by atoms with E-state index in [0.29, 0.717) is 23.8 Å². The average Bonchev–Trinajstić information content (AvgIpc) is 3.20. The molecule has 0 saturated heterocycles. The van der Waals surface area contributed by atoms with Gasteiger partial charge in [0.25, 0.3) is 0 Å². The van der Waals surface area contributed by atoms with E-state index in [1.807, 2.05) is 29.3 Å². The van der Waals surface area contributed by atoms with Crippen molar-refractivity contribution in [2.75, 3.05) is 33.1 Å². The van der Waals surface area contributed by atoms with E-state index in [-0.39, 0.29) is 5.91 Å². The van der Waals surface area contributed by atoms with E-state index in [9.17, 15) is 4.79 Å². The highest BCUT2D eigenvalue weighted by Gasteiger charge is 2.18. The number of aromatic amines is 1. The van der Waals surface area contributed by atoms with Gasteiger partial charge in [-0.05, 0) is 29.2 Å². The normalized spacial score (nSPS) is 13.9. The van der Waals surface area contributed by atoms with E-state index in [4.69, 9.17) is 9.47 Å². The maximum absolute atomic E-state index is 12.6. The molecule has 0 aliphatic carbocycles. The molecule has 0 saturated carbocycles. The van der Waals surface area contributed by atoms with Crippen LogP contribution in [-0.2, 0) is 10.5 Å². The van der Waals surface area contributed by atoms with Crippen LogP contribution in [-0.4, -0.2) is 48.9 Å². The Kier molecular flexibility index (Phi) is 6.33. The van der Waals surface area contributed by atoms with E-state index in [2.05, 4.69) is 35.3 Å². The highest BCUT2D eigenvalue weighted by atomic mass is 32.2. The largest absolute Gasteiger partial charge is 0.493 e. The highest BCUT2D eigenvalue weighted by Crippen LogP contribution is 2.34. The van der Waals surface area contributed by atoms with Gasteiger partial charge in [0.1, 0.15) is 0 Å². The fourth-order valence-corrected chi connectivity index (χ4v) is 4.69. The first-order valence-electron chi connectivity index (χ1n) is 10.0. The number of benzene rings is 2. The Morgan fingerprint density at radius 3 is 2.60 bits per heavy atom. The standard InChI is InChI=1S/C24H26N2O3S/c1-28-22-12-20-19(14-25-21(20)13-23(22)29-2)15-30-16-24(27)26-10-8-18(9-11-26)17-6-4-3-5-7-17/h3-8,12-14,25H,9-11,15-16H2,1-2H3. The van der Waals surface area contributed by atoms with Crippen LogP contribution in [0.5, 0.6) is 11.5 Å². The lowest BCUT2D eigenvalue weighted by Gasteiger charge is -2.26. The van der Waals surface area contributed by atoms with Gasteiger partial charge in [0.05, 0.1) is 20.0 Å². The van der Waals surface area contributed by atoms with Crippen LogP contribution in [0.25, 0.3) is 16.5 Å². The first-order chi connectivity index (χ1) is 14.7. The Bertz CT molecular complexity index is 1060. The molecule has 1 N–H and O–H groups in total. The monoisotopic (exact) mass is 422 g/mol. The van der Waals surface area contributed by atoms with Crippen molar-refractivity contribution in [2.24, 2.45) is 0 Å². The van der Waals surface area contributed by atoms with Gasteiger partial charge in [0.2, 0.25) is 5.91 Å². The lowest BCUT2D eigenvalue weighted by atomic mass is 10.00. The summed E-state index contributed by atoms with van der Waals surface area (Å²) in [6.07, 6.45) is 5.09. The number of nitrogens with one attached hydrogen (secondary N) is 1. The zero-order valence-electron chi connectivity index (χ0n) is 17.3. The van der Waals surface area contributed by atoms with Crippen LogP contribution < -0.4 is 9.47 Å². The van der Waals surface area contributed by atoms with Gasteiger partial charge < -0.3 is 19.4 Å². The van der Waals surface area contributed by atoms with Gasteiger partial charge in [0, 0.05) is 42.0 Å². The summed E-state index contributed by atoms with van der Waals surface area (Å²) in [5.74, 6) is 2.85. The number of fused-ring (bicyclic) bond motifs is 1. The topological polar surface area (TPSA) is 54.6 Å². The zero-order chi connectivity index (χ0) is 20.9. The van der Waals surface area contributed by atoms with Gasteiger partial charge in [-0.15, -0.1) is 11.8 Å². The summed E-state index contributed by atoms with van der Waals surface area (Å²) in [6.45, 7) is 1.47. The SMILES string of the molecule is COc1cc2[nH]cc(CSCC(=O)N3CC=C(c4ccccc4)CC3)c2cc1OC. The molecule has 0 bridgehead atoms. The first-order valence-corrected chi connectivity index (χ1v) is 11.2. The Morgan fingerprint density at radius 1 is 1.13 bits per heavy atom. The minimum atomic E-state index is 0.197. The molecule has 6 heteroatoms. The van der Waals surface area contributed by atoms with E-state index in [1.165, 1.54) is 11.1 Å². The fourth-order valence-electron chi connectivity index (χ4n) is 3.78. The molecule has 2 aromatic carbocycles. The molecule has 1 aliphatic rings. The molecule has 30 heavy (non-hydrogen) atoms. The third-order valence-corrected chi connectivity index (χ3v) is 6.43. The van der Waals surface area contributed by atoms with Crippen LogP contribution in [0.4, 0.5) is 0 Å². The molecule has 156 valence electrons. The third-order valence-electron chi connectivity index (χ3n) is 5.46. The van der Waals surface area contributed by atoms with Crippen LogP contribution >= 0.6 is 11.8 Å². The Hall–Kier alpha value is -2.86. The van der Waals surface area contributed by atoms with Gasteiger partial charge in [0.15, 0.2) is 11.5 Å². The van der Waals surface area contributed by atoms with Crippen molar-refractivity contribution >= 4 is 34.1 Å². The predicted octanol–water partition coefficient (Wildman–Crippen LogP) is 4.73. The molecule has 1 aromatic heterocycles. The summed E-state index contributed by atoms with van der Waals surface area (Å²) >= 11 is 1.64. The van der Waals surface area contributed by atoms with Crippen molar-refractivity contribution in [1.29, 1.82) is 0 Å². The first kappa shape index (κ1) is 20.4. The van der Waals surface area contributed by atoms with E-state index < -0.39 is 0 Å². The Labute approximate surface area is 181 Å². The van der Waals surface area contributed by atoms with Crippen LogP contribution in [0.3, 0.4) is 0 Å².